The van der Waals surface area contributed by atoms with Crippen molar-refractivity contribution in [2.75, 3.05) is 7.11 Å². The molecule has 28 heavy (non-hydrogen) atoms. The van der Waals surface area contributed by atoms with Crippen LogP contribution >= 0.6 is 11.6 Å². The standard InChI is InChI=1S/C25H27ClO2/c1-25(2,20-14-15-24(27-3)23(26)18-20)16-8-10-19-9-7-13-22(17-19)28-21-11-5-4-6-12-21/h4-7,9,11-15,17-18H,8,10,16H2,1-3H3. The van der Waals surface area contributed by atoms with Crippen LogP contribution in [0, 0.1) is 0 Å². The Morgan fingerprint density at radius 2 is 1.61 bits per heavy atom. The lowest BCUT2D eigenvalue weighted by molar-refractivity contribution is 0.413. The molecule has 0 aliphatic rings. The molecule has 0 saturated heterocycles. The third kappa shape index (κ3) is 5.30. The van der Waals surface area contributed by atoms with Crippen molar-refractivity contribution in [3.05, 3.63) is 88.9 Å². The minimum absolute atomic E-state index is 0.0497. The first kappa shape index (κ1) is 20.3. The molecule has 2 nitrogen and oxygen atoms in total. The molecule has 0 heterocycles. The fraction of sp³-hybridized carbons (Fsp3) is 0.280. The number of halogens is 1. The molecule has 0 bridgehead atoms. The maximum atomic E-state index is 6.31. The summed E-state index contributed by atoms with van der Waals surface area (Å²) in [6, 6.07) is 24.3. The van der Waals surface area contributed by atoms with Crippen molar-refractivity contribution in [3.63, 3.8) is 0 Å². The van der Waals surface area contributed by atoms with Crippen molar-refractivity contribution in [2.24, 2.45) is 0 Å². The third-order valence-electron chi connectivity index (χ3n) is 5.08. The largest absolute Gasteiger partial charge is 0.495 e. The lowest BCUT2D eigenvalue weighted by atomic mass is 9.80. The van der Waals surface area contributed by atoms with Crippen molar-refractivity contribution in [3.8, 4) is 17.2 Å². The highest BCUT2D eigenvalue weighted by Crippen LogP contribution is 2.34. The van der Waals surface area contributed by atoms with Gasteiger partial charge >= 0.3 is 0 Å². The Kier molecular flexibility index (Phi) is 6.64. The SMILES string of the molecule is COc1ccc(C(C)(C)CCCc2cccc(Oc3ccccc3)c2)cc1Cl. The second-order valence-electron chi connectivity index (χ2n) is 7.65. The molecular weight excluding hydrogens is 368 g/mol. The zero-order valence-corrected chi connectivity index (χ0v) is 17.5. The zero-order chi connectivity index (χ0) is 20.0. The Balaban J connectivity index is 1.59. The third-order valence-corrected chi connectivity index (χ3v) is 5.37. The number of hydrogen-bond donors (Lipinski definition) is 0. The molecule has 3 rings (SSSR count). The molecule has 3 aromatic rings. The molecule has 0 amide bonds. The maximum absolute atomic E-state index is 6.31. The molecule has 0 N–H and O–H groups in total. The summed E-state index contributed by atoms with van der Waals surface area (Å²) < 4.78 is 11.2. The van der Waals surface area contributed by atoms with Gasteiger partial charge in [-0.2, -0.15) is 0 Å². The van der Waals surface area contributed by atoms with Gasteiger partial charge in [-0.25, -0.2) is 0 Å². The summed E-state index contributed by atoms with van der Waals surface area (Å²) in [5, 5.41) is 0.666. The maximum Gasteiger partial charge on any atom is 0.137 e. The molecule has 0 unspecified atom stereocenters. The molecule has 0 spiro atoms. The Bertz CT molecular complexity index is 903. The van der Waals surface area contributed by atoms with Gasteiger partial charge in [-0.3, -0.25) is 0 Å². The van der Waals surface area contributed by atoms with Crippen LogP contribution in [0.5, 0.6) is 17.2 Å². The van der Waals surface area contributed by atoms with Crippen molar-refractivity contribution >= 4 is 11.6 Å². The molecule has 0 saturated carbocycles. The van der Waals surface area contributed by atoms with Crippen LogP contribution in [0.15, 0.2) is 72.8 Å². The van der Waals surface area contributed by atoms with Gasteiger partial charge in [0.05, 0.1) is 12.1 Å². The first-order valence-corrected chi connectivity index (χ1v) is 10.0. The fourth-order valence-electron chi connectivity index (χ4n) is 3.36. The molecule has 3 heteroatoms. The molecule has 0 atom stereocenters. The summed E-state index contributed by atoms with van der Waals surface area (Å²) in [6.07, 6.45) is 3.17. The van der Waals surface area contributed by atoms with E-state index < -0.39 is 0 Å². The molecule has 0 aliphatic carbocycles. The minimum atomic E-state index is 0.0497. The molecule has 0 fully saturated rings. The predicted molar refractivity (Wildman–Crippen MR) is 117 cm³/mol. The number of aryl methyl sites for hydroxylation is 1. The average Bonchev–Trinajstić information content (AvgIpc) is 2.69. The van der Waals surface area contributed by atoms with Gasteiger partial charge in [0.2, 0.25) is 0 Å². The van der Waals surface area contributed by atoms with E-state index in [1.807, 2.05) is 48.5 Å². The number of para-hydroxylation sites is 1. The van der Waals surface area contributed by atoms with Crippen LogP contribution in [0.2, 0.25) is 5.02 Å². The lowest BCUT2D eigenvalue weighted by Crippen LogP contribution is -2.17. The van der Waals surface area contributed by atoms with E-state index in [2.05, 4.69) is 38.1 Å². The van der Waals surface area contributed by atoms with E-state index in [9.17, 15) is 0 Å². The van der Waals surface area contributed by atoms with E-state index in [1.54, 1.807) is 7.11 Å². The summed E-state index contributed by atoms with van der Waals surface area (Å²) in [7, 11) is 1.64. The van der Waals surface area contributed by atoms with Gasteiger partial charge in [-0.1, -0.05) is 61.8 Å². The first-order chi connectivity index (χ1) is 13.5. The van der Waals surface area contributed by atoms with Gasteiger partial charge in [0.1, 0.15) is 17.2 Å². The zero-order valence-electron chi connectivity index (χ0n) is 16.7. The van der Waals surface area contributed by atoms with Crippen molar-refractivity contribution in [2.45, 2.75) is 38.5 Å². The highest BCUT2D eigenvalue weighted by molar-refractivity contribution is 6.32. The highest BCUT2D eigenvalue weighted by atomic mass is 35.5. The van der Waals surface area contributed by atoms with Crippen LogP contribution in [0.4, 0.5) is 0 Å². The minimum Gasteiger partial charge on any atom is -0.495 e. The molecule has 0 aromatic heterocycles. The number of benzene rings is 3. The van der Waals surface area contributed by atoms with Crippen LogP contribution < -0.4 is 9.47 Å². The number of rotatable bonds is 8. The number of ether oxygens (including phenoxy) is 2. The second kappa shape index (κ2) is 9.16. The Labute approximate surface area is 173 Å². The van der Waals surface area contributed by atoms with E-state index in [0.29, 0.717) is 5.02 Å². The van der Waals surface area contributed by atoms with Gasteiger partial charge in [-0.15, -0.1) is 0 Å². The smallest absolute Gasteiger partial charge is 0.137 e. The summed E-state index contributed by atoms with van der Waals surface area (Å²) in [6.45, 7) is 4.53. The fourth-order valence-corrected chi connectivity index (χ4v) is 3.61. The van der Waals surface area contributed by atoms with Gasteiger partial charge in [-0.05, 0) is 72.2 Å². The van der Waals surface area contributed by atoms with Crippen LogP contribution in [0.1, 0.15) is 37.8 Å². The lowest BCUT2D eigenvalue weighted by Gasteiger charge is -2.26. The van der Waals surface area contributed by atoms with Gasteiger partial charge in [0.15, 0.2) is 0 Å². The van der Waals surface area contributed by atoms with Crippen LogP contribution in [-0.4, -0.2) is 7.11 Å². The van der Waals surface area contributed by atoms with E-state index in [4.69, 9.17) is 21.1 Å². The van der Waals surface area contributed by atoms with E-state index in [1.165, 1.54) is 11.1 Å². The van der Waals surface area contributed by atoms with Gasteiger partial charge < -0.3 is 9.47 Å². The number of hydrogen-bond acceptors (Lipinski definition) is 2. The van der Waals surface area contributed by atoms with Crippen molar-refractivity contribution < 1.29 is 9.47 Å². The molecule has 146 valence electrons. The quantitative estimate of drug-likeness (QED) is 0.395. The molecule has 0 radical (unpaired) electrons. The second-order valence-corrected chi connectivity index (χ2v) is 8.06. The molecular formula is C25H27ClO2. The summed E-state index contributed by atoms with van der Waals surface area (Å²) in [4.78, 5) is 0. The van der Waals surface area contributed by atoms with Crippen molar-refractivity contribution in [1.29, 1.82) is 0 Å². The van der Waals surface area contributed by atoms with Crippen LogP contribution in [0.25, 0.3) is 0 Å². The Hall–Kier alpha value is -2.45. The first-order valence-electron chi connectivity index (χ1n) is 9.64. The number of methoxy groups -OCH3 is 1. The normalized spacial score (nSPS) is 11.3. The van der Waals surface area contributed by atoms with E-state index in [-0.39, 0.29) is 5.41 Å². The average molecular weight is 395 g/mol. The van der Waals surface area contributed by atoms with E-state index in [0.717, 1.165) is 36.5 Å². The Morgan fingerprint density at radius 1 is 0.857 bits per heavy atom. The van der Waals surface area contributed by atoms with Crippen LogP contribution in [-0.2, 0) is 11.8 Å². The van der Waals surface area contributed by atoms with Crippen LogP contribution in [0.3, 0.4) is 0 Å². The highest BCUT2D eigenvalue weighted by Gasteiger charge is 2.21. The molecule has 3 aromatic carbocycles. The van der Waals surface area contributed by atoms with Gasteiger partial charge in [0.25, 0.3) is 0 Å². The van der Waals surface area contributed by atoms with E-state index >= 15 is 0 Å². The monoisotopic (exact) mass is 394 g/mol. The predicted octanol–water partition coefficient (Wildman–Crippen LogP) is 7.44. The summed E-state index contributed by atoms with van der Waals surface area (Å²) in [5.41, 5.74) is 2.57. The Morgan fingerprint density at radius 3 is 2.32 bits per heavy atom. The summed E-state index contributed by atoms with van der Waals surface area (Å²) in [5.74, 6) is 2.46. The molecule has 0 aliphatic heterocycles. The summed E-state index contributed by atoms with van der Waals surface area (Å²) >= 11 is 6.31. The van der Waals surface area contributed by atoms with Gasteiger partial charge in [0, 0.05) is 0 Å². The van der Waals surface area contributed by atoms with Crippen molar-refractivity contribution in [1.82, 2.24) is 0 Å². The topological polar surface area (TPSA) is 18.5 Å².